The van der Waals surface area contributed by atoms with E-state index in [1.165, 1.54) is 19.2 Å². The summed E-state index contributed by atoms with van der Waals surface area (Å²) in [5.74, 6) is -1.12. The average molecular weight is 451 g/mol. The van der Waals surface area contributed by atoms with Crippen LogP contribution >= 0.6 is 0 Å². The molecule has 2 aliphatic rings. The molecule has 2 fully saturated rings. The molecule has 1 aromatic rings. The maximum atomic E-state index is 10.7. The van der Waals surface area contributed by atoms with Gasteiger partial charge in [-0.2, -0.15) is 8.42 Å². The predicted octanol–water partition coefficient (Wildman–Crippen LogP) is 1.15. The van der Waals surface area contributed by atoms with Crippen molar-refractivity contribution in [1.29, 1.82) is 0 Å². The molecule has 172 valence electrons. The molecule has 3 rings (SSSR count). The van der Waals surface area contributed by atoms with Crippen molar-refractivity contribution < 1.29 is 47.0 Å². The van der Waals surface area contributed by atoms with Crippen LogP contribution in [0.1, 0.15) is 18.4 Å². The lowest BCUT2D eigenvalue weighted by Gasteiger charge is -2.01. The van der Waals surface area contributed by atoms with Gasteiger partial charge in [0.05, 0.1) is 37.1 Å². The van der Waals surface area contributed by atoms with Crippen molar-refractivity contribution in [3.63, 3.8) is 0 Å². The van der Waals surface area contributed by atoms with E-state index in [0.29, 0.717) is 32.8 Å². The number of hydrogen-bond acceptors (Lipinski definition) is 8. The Balaban J connectivity index is 0.000000408. The third-order valence-corrected chi connectivity index (χ3v) is 4.93. The van der Waals surface area contributed by atoms with E-state index in [2.05, 4.69) is 4.74 Å². The number of aliphatic hydroxyl groups is 1. The van der Waals surface area contributed by atoms with Gasteiger partial charge in [0.15, 0.2) is 0 Å². The number of aliphatic hydroxyl groups excluding tert-OH is 1. The van der Waals surface area contributed by atoms with Crippen molar-refractivity contribution >= 4 is 22.1 Å². The maximum absolute atomic E-state index is 10.7. The number of rotatable bonds is 3. The Bertz CT molecular complexity index is 718. The molecule has 2 unspecified atom stereocenters. The SMILES string of the molecule is CO.COC(=O)C1CCOC1.Cc1ccc(S(=O)(=O)O)cc1.O=C(O)C1CCOC1. The molecule has 0 bridgehead atoms. The Kier molecular flexibility index (Phi) is 13.8. The highest BCUT2D eigenvalue weighted by Crippen LogP contribution is 2.13. The van der Waals surface area contributed by atoms with Crippen LogP contribution in [0.3, 0.4) is 0 Å². The monoisotopic (exact) mass is 450 g/mol. The third-order valence-electron chi connectivity index (χ3n) is 4.06. The first-order valence-electron chi connectivity index (χ1n) is 9.10. The Hall–Kier alpha value is -2.05. The molecule has 0 spiro atoms. The molecular formula is C19H30O10S. The minimum atomic E-state index is -4.02. The molecule has 2 atom stereocenters. The van der Waals surface area contributed by atoms with Crippen molar-refractivity contribution in [2.45, 2.75) is 24.7 Å². The zero-order valence-corrected chi connectivity index (χ0v) is 18.1. The van der Waals surface area contributed by atoms with Gasteiger partial charge in [-0.1, -0.05) is 17.7 Å². The van der Waals surface area contributed by atoms with Crippen LogP contribution in [0, 0.1) is 18.8 Å². The van der Waals surface area contributed by atoms with E-state index in [1.807, 2.05) is 6.92 Å². The molecule has 10 nitrogen and oxygen atoms in total. The van der Waals surface area contributed by atoms with E-state index in [0.717, 1.165) is 19.1 Å². The van der Waals surface area contributed by atoms with Gasteiger partial charge in [0.25, 0.3) is 10.1 Å². The van der Waals surface area contributed by atoms with Gasteiger partial charge in [-0.15, -0.1) is 0 Å². The summed E-state index contributed by atoms with van der Waals surface area (Å²) in [7, 11) is -1.62. The second-order valence-electron chi connectivity index (χ2n) is 6.27. The molecule has 3 N–H and O–H groups in total. The third kappa shape index (κ3) is 11.2. The summed E-state index contributed by atoms with van der Waals surface area (Å²) in [4.78, 5) is 20.8. The zero-order chi connectivity index (χ0) is 23.2. The van der Waals surface area contributed by atoms with E-state index in [4.69, 9.17) is 24.2 Å². The Morgan fingerprint density at radius 3 is 1.77 bits per heavy atom. The number of carboxylic acids is 1. The number of esters is 1. The topological polar surface area (TPSA) is 157 Å². The fourth-order valence-corrected chi connectivity index (χ4v) is 2.81. The standard InChI is InChI=1S/C7H8O3S.C6H10O3.C5H8O3.CH4O/c1-6-2-4-7(5-3-6)11(8,9)10;1-8-6(7)5-2-3-9-4-5;6-5(7)4-1-2-8-3-4;1-2/h2-5H,1H3,(H,8,9,10);5H,2-4H2,1H3;4H,1-3H2,(H,6,7);2H,1H3. The van der Waals surface area contributed by atoms with Crippen LogP contribution in [-0.2, 0) is 33.9 Å². The minimum absolute atomic E-state index is 0.00463. The lowest BCUT2D eigenvalue weighted by atomic mass is 10.1. The van der Waals surface area contributed by atoms with Crippen LogP contribution < -0.4 is 0 Å². The van der Waals surface area contributed by atoms with Crippen LogP contribution in [0.5, 0.6) is 0 Å². The summed E-state index contributed by atoms with van der Waals surface area (Å²) in [5, 5.41) is 15.3. The molecule has 2 heterocycles. The second-order valence-corrected chi connectivity index (χ2v) is 7.69. The van der Waals surface area contributed by atoms with Gasteiger partial charge in [0, 0.05) is 20.3 Å². The Morgan fingerprint density at radius 2 is 1.47 bits per heavy atom. The fourth-order valence-electron chi connectivity index (χ4n) is 2.33. The van der Waals surface area contributed by atoms with Gasteiger partial charge < -0.3 is 24.4 Å². The van der Waals surface area contributed by atoms with Crippen molar-refractivity contribution in [2.75, 3.05) is 40.6 Å². The first-order chi connectivity index (χ1) is 14.1. The van der Waals surface area contributed by atoms with Crippen molar-refractivity contribution in [1.82, 2.24) is 0 Å². The van der Waals surface area contributed by atoms with Crippen LogP contribution in [0.4, 0.5) is 0 Å². The lowest BCUT2D eigenvalue weighted by Crippen LogP contribution is -2.15. The zero-order valence-electron chi connectivity index (χ0n) is 17.3. The van der Waals surface area contributed by atoms with E-state index in [1.54, 1.807) is 12.1 Å². The summed E-state index contributed by atoms with van der Waals surface area (Å²) < 4.78 is 43.9. The average Bonchev–Trinajstić information content (AvgIpc) is 3.43. The lowest BCUT2D eigenvalue weighted by molar-refractivity contribution is -0.145. The Morgan fingerprint density at radius 1 is 1.00 bits per heavy atom. The number of hydrogen-bond donors (Lipinski definition) is 3. The molecule has 2 saturated heterocycles. The first-order valence-corrected chi connectivity index (χ1v) is 10.5. The van der Waals surface area contributed by atoms with Crippen molar-refractivity contribution in [2.24, 2.45) is 11.8 Å². The summed E-state index contributed by atoms with van der Waals surface area (Å²) in [5.41, 5.74) is 0.956. The van der Waals surface area contributed by atoms with E-state index < -0.39 is 16.1 Å². The summed E-state index contributed by atoms with van der Waals surface area (Å²) in [6.07, 6.45) is 1.49. The van der Waals surface area contributed by atoms with Gasteiger partial charge >= 0.3 is 11.9 Å². The van der Waals surface area contributed by atoms with E-state index in [-0.39, 0.29) is 22.7 Å². The number of aliphatic carboxylic acids is 1. The molecule has 2 aliphatic heterocycles. The largest absolute Gasteiger partial charge is 0.481 e. The smallest absolute Gasteiger partial charge is 0.311 e. The number of ether oxygens (including phenoxy) is 3. The maximum Gasteiger partial charge on any atom is 0.311 e. The number of methoxy groups -OCH3 is 1. The molecule has 0 saturated carbocycles. The van der Waals surface area contributed by atoms with Gasteiger partial charge in [0.2, 0.25) is 0 Å². The summed E-state index contributed by atoms with van der Waals surface area (Å²) in [6, 6.07) is 5.99. The van der Waals surface area contributed by atoms with Gasteiger partial charge in [-0.05, 0) is 31.9 Å². The van der Waals surface area contributed by atoms with Crippen LogP contribution in [0.2, 0.25) is 0 Å². The van der Waals surface area contributed by atoms with Gasteiger partial charge in [-0.25, -0.2) is 0 Å². The summed E-state index contributed by atoms with van der Waals surface area (Å²) in [6.45, 7) is 4.08. The van der Waals surface area contributed by atoms with E-state index >= 15 is 0 Å². The second kappa shape index (κ2) is 14.9. The number of aryl methyl sites for hydroxylation is 1. The molecule has 0 aromatic heterocycles. The summed E-state index contributed by atoms with van der Waals surface area (Å²) >= 11 is 0. The molecule has 11 heteroatoms. The molecular weight excluding hydrogens is 420 g/mol. The number of carbonyl (C=O) groups is 2. The number of carboxylic acid groups (broad SMARTS) is 1. The molecule has 30 heavy (non-hydrogen) atoms. The quantitative estimate of drug-likeness (QED) is 0.451. The van der Waals surface area contributed by atoms with Crippen molar-refractivity contribution in [3.8, 4) is 0 Å². The number of carbonyl (C=O) groups excluding carboxylic acids is 1. The highest BCUT2D eigenvalue weighted by Gasteiger charge is 2.23. The minimum Gasteiger partial charge on any atom is -0.481 e. The van der Waals surface area contributed by atoms with Gasteiger partial charge in [-0.3, -0.25) is 14.1 Å². The van der Waals surface area contributed by atoms with Crippen molar-refractivity contribution in [3.05, 3.63) is 29.8 Å². The van der Waals surface area contributed by atoms with Crippen LogP contribution in [-0.4, -0.2) is 75.8 Å². The van der Waals surface area contributed by atoms with Crippen LogP contribution in [0.15, 0.2) is 29.2 Å². The van der Waals surface area contributed by atoms with Gasteiger partial charge in [0.1, 0.15) is 0 Å². The number of benzene rings is 1. The molecule has 0 radical (unpaired) electrons. The highest BCUT2D eigenvalue weighted by molar-refractivity contribution is 7.85. The normalized spacial score (nSPS) is 19.8. The predicted molar refractivity (Wildman–Crippen MR) is 107 cm³/mol. The fraction of sp³-hybridized carbons (Fsp3) is 0.579. The molecule has 0 aliphatic carbocycles. The molecule has 0 amide bonds. The first kappa shape index (κ1) is 27.9. The highest BCUT2D eigenvalue weighted by atomic mass is 32.2. The van der Waals surface area contributed by atoms with E-state index in [9.17, 15) is 18.0 Å². The Labute approximate surface area is 176 Å². The molecule has 1 aromatic carbocycles. The van der Waals surface area contributed by atoms with Crippen LogP contribution in [0.25, 0.3) is 0 Å².